The first kappa shape index (κ1) is 15.6. The van der Waals surface area contributed by atoms with Crippen molar-refractivity contribution in [2.45, 2.75) is 25.3 Å². The van der Waals surface area contributed by atoms with Crippen LogP contribution in [0.2, 0.25) is 0 Å². The number of piperidine rings is 1. The summed E-state index contributed by atoms with van der Waals surface area (Å²) in [4.78, 5) is 18.7. The lowest BCUT2D eigenvalue weighted by molar-refractivity contribution is 0.0924. The lowest BCUT2D eigenvalue weighted by Crippen LogP contribution is -2.44. The third-order valence-electron chi connectivity index (χ3n) is 3.90. The molecule has 1 fully saturated rings. The number of carbonyl (C=O) groups is 1. The average Bonchev–Trinajstić information content (AvgIpc) is 2.53. The fourth-order valence-electron chi connectivity index (χ4n) is 2.57. The van der Waals surface area contributed by atoms with E-state index in [1.54, 1.807) is 12.1 Å². The van der Waals surface area contributed by atoms with Crippen LogP contribution in [0.4, 0.5) is 0 Å². The number of hydrogen-bond acceptors (Lipinski definition) is 5. The maximum absolute atomic E-state index is 12.3. The molecule has 1 N–H and O–H groups in total. The van der Waals surface area contributed by atoms with Crippen LogP contribution in [0.3, 0.4) is 0 Å². The van der Waals surface area contributed by atoms with E-state index in [9.17, 15) is 4.79 Å². The minimum absolute atomic E-state index is 0.166. The van der Waals surface area contributed by atoms with Gasteiger partial charge in [0.2, 0.25) is 11.8 Å². The van der Waals surface area contributed by atoms with Crippen molar-refractivity contribution in [1.29, 1.82) is 0 Å². The van der Waals surface area contributed by atoms with Crippen molar-refractivity contribution in [3.05, 3.63) is 17.7 Å². The van der Waals surface area contributed by atoms with Crippen LogP contribution >= 0.6 is 0 Å². The molecule has 2 heterocycles. The molecule has 0 saturated carbocycles. The Labute approximate surface area is 125 Å². The summed E-state index contributed by atoms with van der Waals surface area (Å²) in [5.41, 5.74) is 0.428. The molecule has 116 valence electrons. The number of carbonyl (C=O) groups excluding carboxylic acids is 1. The van der Waals surface area contributed by atoms with E-state index in [1.165, 1.54) is 27.1 Å². The van der Waals surface area contributed by atoms with E-state index < -0.39 is 0 Å². The Balaban J connectivity index is 1.99. The summed E-state index contributed by atoms with van der Waals surface area (Å²) in [6.07, 6.45) is 3.57. The van der Waals surface area contributed by atoms with Gasteiger partial charge in [0.05, 0.1) is 14.2 Å². The van der Waals surface area contributed by atoms with Crippen molar-refractivity contribution in [2.75, 3.05) is 34.4 Å². The summed E-state index contributed by atoms with van der Waals surface area (Å²) in [6.45, 7) is 1.73. The molecule has 1 amide bonds. The van der Waals surface area contributed by atoms with Crippen molar-refractivity contribution in [1.82, 2.24) is 15.2 Å². The van der Waals surface area contributed by atoms with E-state index in [1.807, 2.05) is 0 Å². The average molecular weight is 293 g/mol. The maximum Gasteiger partial charge on any atom is 0.256 e. The predicted octanol–water partition coefficient (Wildman–Crippen LogP) is 1.31. The highest BCUT2D eigenvalue weighted by atomic mass is 16.5. The van der Waals surface area contributed by atoms with Gasteiger partial charge in [-0.05, 0) is 32.5 Å². The van der Waals surface area contributed by atoms with Gasteiger partial charge in [0, 0.05) is 18.7 Å². The normalized spacial score (nSPS) is 19.1. The molecule has 1 aromatic heterocycles. The summed E-state index contributed by atoms with van der Waals surface area (Å²) < 4.78 is 10.2. The van der Waals surface area contributed by atoms with Gasteiger partial charge in [-0.25, -0.2) is 0 Å². The first-order chi connectivity index (χ1) is 10.2. The lowest BCUT2D eigenvalue weighted by atomic mass is 10.0. The third-order valence-corrected chi connectivity index (χ3v) is 3.90. The van der Waals surface area contributed by atoms with Gasteiger partial charge in [-0.1, -0.05) is 6.42 Å². The molecule has 0 spiro atoms. The standard InChI is InChI=1S/C15H23N3O3/c1-18-9-5-4-6-11(18)10-16-14(19)12-7-8-13(20-2)17-15(12)21-3/h7-8,11H,4-6,9-10H2,1-3H3,(H,16,19). The molecular weight excluding hydrogens is 270 g/mol. The largest absolute Gasteiger partial charge is 0.481 e. The van der Waals surface area contributed by atoms with E-state index >= 15 is 0 Å². The molecule has 1 aromatic rings. The van der Waals surface area contributed by atoms with Crippen LogP contribution in [0, 0.1) is 0 Å². The number of ether oxygens (including phenoxy) is 2. The smallest absolute Gasteiger partial charge is 0.256 e. The molecule has 0 aliphatic carbocycles. The summed E-state index contributed by atoms with van der Waals surface area (Å²) in [6, 6.07) is 3.73. The molecule has 0 bridgehead atoms. The topological polar surface area (TPSA) is 63.7 Å². The Kier molecular flexibility index (Phi) is 5.38. The molecule has 1 unspecified atom stereocenters. The van der Waals surface area contributed by atoms with Gasteiger partial charge in [-0.2, -0.15) is 4.98 Å². The van der Waals surface area contributed by atoms with E-state index in [0.717, 1.165) is 13.0 Å². The summed E-state index contributed by atoms with van der Waals surface area (Å²) in [5.74, 6) is 0.542. The van der Waals surface area contributed by atoms with Crippen molar-refractivity contribution in [2.24, 2.45) is 0 Å². The monoisotopic (exact) mass is 293 g/mol. The quantitative estimate of drug-likeness (QED) is 0.887. The number of likely N-dealkylation sites (N-methyl/N-ethyl adjacent to an activating group) is 1. The maximum atomic E-state index is 12.3. The Morgan fingerprint density at radius 2 is 2.19 bits per heavy atom. The first-order valence-corrected chi connectivity index (χ1v) is 7.23. The Hall–Kier alpha value is -1.82. The second-order valence-corrected chi connectivity index (χ2v) is 5.25. The molecule has 6 heteroatoms. The van der Waals surface area contributed by atoms with Gasteiger partial charge in [0.25, 0.3) is 5.91 Å². The molecule has 0 radical (unpaired) electrons. The number of aromatic nitrogens is 1. The zero-order chi connectivity index (χ0) is 15.2. The molecule has 6 nitrogen and oxygen atoms in total. The SMILES string of the molecule is COc1ccc(C(=O)NCC2CCCCN2C)c(OC)n1. The minimum atomic E-state index is -0.166. The van der Waals surface area contributed by atoms with Gasteiger partial charge < -0.3 is 19.7 Å². The summed E-state index contributed by atoms with van der Waals surface area (Å²) >= 11 is 0. The third kappa shape index (κ3) is 3.85. The summed E-state index contributed by atoms with van der Waals surface area (Å²) in [7, 11) is 5.12. The summed E-state index contributed by atoms with van der Waals surface area (Å²) in [5, 5.41) is 2.97. The fourth-order valence-corrected chi connectivity index (χ4v) is 2.57. The van der Waals surface area contributed by atoms with Crippen LogP contribution in [-0.4, -0.2) is 56.2 Å². The first-order valence-electron chi connectivity index (χ1n) is 7.23. The fraction of sp³-hybridized carbons (Fsp3) is 0.600. The zero-order valence-corrected chi connectivity index (χ0v) is 12.9. The second kappa shape index (κ2) is 7.26. The molecule has 0 aromatic carbocycles. The minimum Gasteiger partial charge on any atom is -0.481 e. The highest BCUT2D eigenvalue weighted by Gasteiger charge is 2.21. The number of hydrogen-bond donors (Lipinski definition) is 1. The van der Waals surface area contributed by atoms with Crippen molar-refractivity contribution < 1.29 is 14.3 Å². The number of pyridine rings is 1. The number of nitrogens with one attached hydrogen (secondary N) is 1. The number of likely N-dealkylation sites (tertiary alicyclic amines) is 1. The van der Waals surface area contributed by atoms with Crippen molar-refractivity contribution in [3.63, 3.8) is 0 Å². The van der Waals surface area contributed by atoms with Crippen LogP contribution in [0.15, 0.2) is 12.1 Å². The Morgan fingerprint density at radius 1 is 1.38 bits per heavy atom. The predicted molar refractivity (Wildman–Crippen MR) is 79.9 cm³/mol. The number of amides is 1. The van der Waals surface area contributed by atoms with E-state index in [-0.39, 0.29) is 11.8 Å². The van der Waals surface area contributed by atoms with E-state index in [4.69, 9.17) is 9.47 Å². The van der Waals surface area contributed by atoms with Gasteiger partial charge in [-0.3, -0.25) is 4.79 Å². The van der Waals surface area contributed by atoms with Crippen molar-refractivity contribution >= 4 is 5.91 Å². The highest BCUT2D eigenvalue weighted by Crippen LogP contribution is 2.20. The number of rotatable bonds is 5. The van der Waals surface area contributed by atoms with Gasteiger partial charge in [-0.15, -0.1) is 0 Å². The van der Waals surface area contributed by atoms with Gasteiger partial charge in [0.15, 0.2) is 0 Å². The Bertz CT molecular complexity index is 493. The van der Waals surface area contributed by atoms with Gasteiger partial charge in [0.1, 0.15) is 5.56 Å². The molecule has 21 heavy (non-hydrogen) atoms. The number of methoxy groups -OCH3 is 2. The molecule has 1 aliphatic heterocycles. The van der Waals surface area contributed by atoms with Crippen LogP contribution < -0.4 is 14.8 Å². The Morgan fingerprint density at radius 3 is 2.86 bits per heavy atom. The van der Waals surface area contributed by atoms with Crippen LogP contribution in [0.5, 0.6) is 11.8 Å². The van der Waals surface area contributed by atoms with E-state index in [0.29, 0.717) is 24.0 Å². The van der Waals surface area contributed by atoms with Crippen LogP contribution in [0.1, 0.15) is 29.6 Å². The lowest BCUT2D eigenvalue weighted by Gasteiger charge is -2.32. The zero-order valence-electron chi connectivity index (χ0n) is 12.9. The second-order valence-electron chi connectivity index (χ2n) is 5.25. The molecule has 1 aliphatic rings. The van der Waals surface area contributed by atoms with Crippen LogP contribution in [-0.2, 0) is 0 Å². The van der Waals surface area contributed by atoms with E-state index in [2.05, 4.69) is 22.2 Å². The van der Waals surface area contributed by atoms with Crippen molar-refractivity contribution in [3.8, 4) is 11.8 Å². The van der Waals surface area contributed by atoms with Crippen LogP contribution in [0.25, 0.3) is 0 Å². The highest BCUT2D eigenvalue weighted by molar-refractivity contribution is 5.96. The molecule has 2 rings (SSSR count). The number of nitrogens with zero attached hydrogens (tertiary/aromatic N) is 2. The van der Waals surface area contributed by atoms with Gasteiger partial charge >= 0.3 is 0 Å². The molecule has 1 saturated heterocycles. The molecular formula is C15H23N3O3. The molecule has 1 atom stereocenters.